The Bertz CT molecular complexity index is 396. The average molecular weight is 294 g/mol. The van der Waals surface area contributed by atoms with Gasteiger partial charge in [0.1, 0.15) is 18.5 Å². The second kappa shape index (κ2) is 9.77. The van der Waals surface area contributed by atoms with Gasteiger partial charge in [-0.3, -0.25) is 0 Å². The Hall–Kier alpha value is -1.10. The summed E-state index contributed by atoms with van der Waals surface area (Å²) in [6.07, 6.45) is 0.504. The van der Waals surface area contributed by atoms with Crippen molar-refractivity contribution in [3.63, 3.8) is 0 Å². The molecule has 1 aromatic carbocycles. The molecule has 0 saturated heterocycles. The highest BCUT2D eigenvalue weighted by Crippen LogP contribution is 2.13. The maximum absolute atomic E-state index is 9.91. The first-order valence-corrected chi connectivity index (χ1v) is 7.83. The molecule has 0 aliphatic carbocycles. The van der Waals surface area contributed by atoms with Crippen LogP contribution in [0.25, 0.3) is 0 Å². The Kier molecular flexibility index (Phi) is 8.35. The molecule has 0 heterocycles. The predicted octanol–water partition coefficient (Wildman–Crippen LogP) is 1.92. The topological polar surface area (TPSA) is 44.7 Å². The largest absolute Gasteiger partial charge is 0.491 e. The molecule has 0 radical (unpaired) electrons. The zero-order valence-electron chi connectivity index (χ0n) is 13.8. The third kappa shape index (κ3) is 7.46. The van der Waals surface area contributed by atoms with Gasteiger partial charge in [-0.15, -0.1) is 0 Å². The second-order valence-electron chi connectivity index (χ2n) is 5.74. The van der Waals surface area contributed by atoms with E-state index in [4.69, 9.17) is 4.74 Å². The first-order chi connectivity index (χ1) is 10.0. The van der Waals surface area contributed by atoms with Gasteiger partial charge in [0.05, 0.1) is 0 Å². The van der Waals surface area contributed by atoms with Gasteiger partial charge >= 0.3 is 0 Å². The number of hydrogen-bond donors (Lipinski definition) is 2. The van der Waals surface area contributed by atoms with E-state index < -0.39 is 6.10 Å². The summed E-state index contributed by atoms with van der Waals surface area (Å²) in [5, 5.41) is 13.2. The molecule has 0 spiro atoms. The van der Waals surface area contributed by atoms with Crippen molar-refractivity contribution in [3.8, 4) is 5.75 Å². The van der Waals surface area contributed by atoms with E-state index in [-0.39, 0.29) is 0 Å². The number of aliphatic hydroxyl groups is 1. The third-order valence-electron chi connectivity index (χ3n) is 3.65. The monoisotopic (exact) mass is 294 g/mol. The molecule has 2 N–H and O–H groups in total. The van der Waals surface area contributed by atoms with Gasteiger partial charge in [0.15, 0.2) is 0 Å². The van der Waals surface area contributed by atoms with Gasteiger partial charge in [-0.2, -0.15) is 0 Å². The van der Waals surface area contributed by atoms with Crippen molar-refractivity contribution in [1.29, 1.82) is 0 Å². The van der Waals surface area contributed by atoms with Gasteiger partial charge in [-0.25, -0.2) is 0 Å². The van der Waals surface area contributed by atoms with Crippen LogP contribution in [-0.4, -0.2) is 55.4 Å². The highest BCUT2D eigenvalue weighted by Gasteiger charge is 2.06. The van der Waals surface area contributed by atoms with E-state index in [0.29, 0.717) is 19.2 Å². The highest BCUT2D eigenvalue weighted by molar-refractivity contribution is 5.28. The Balaban J connectivity index is 2.17. The number of benzene rings is 1. The number of rotatable bonds is 10. The molecular weight excluding hydrogens is 264 g/mol. The molecule has 1 aromatic rings. The summed E-state index contributed by atoms with van der Waals surface area (Å²) in [4.78, 5) is 2.27. The lowest BCUT2D eigenvalue weighted by Gasteiger charge is -2.21. The number of ether oxygens (including phenoxy) is 1. The summed E-state index contributed by atoms with van der Waals surface area (Å²) in [7, 11) is 2.10. The van der Waals surface area contributed by atoms with Crippen LogP contribution in [-0.2, 0) is 6.42 Å². The maximum atomic E-state index is 9.91. The molecule has 0 aliphatic heterocycles. The van der Waals surface area contributed by atoms with Crippen LogP contribution in [0.2, 0.25) is 0 Å². The summed E-state index contributed by atoms with van der Waals surface area (Å²) in [6, 6.07) is 8.57. The molecule has 0 amide bonds. The van der Waals surface area contributed by atoms with Crippen molar-refractivity contribution in [2.45, 2.75) is 39.3 Å². The number of nitrogens with zero attached hydrogens (tertiary/aromatic N) is 1. The number of aliphatic hydroxyl groups excluding tert-OH is 1. The number of nitrogens with one attached hydrogen (secondary N) is 1. The van der Waals surface area contributed by atoms with Crippen LogP contribution < -0.4 is 10.1 Å². The van der Waals surface area contributed by atoms with E-state index >= 15 is 0 Å². The van der Waals surface area contributed by atoms with Gasteiger partial charge in [0.2, 0.25) is 0 Å². The Labute approximate surface area is 129 Å². The van der Waals surface area contributed by atoms with Crippen molar-refractivity contribution in [1.82, 2.24) is 10.2 Å². The normalized spacial score (nSPS) is 12.9. The maximum Gasteiger partial charge on any atom is 0.119 e. The van der Waals surface area contributed by atoms with Crippen molar-refractivity contribution in [2.75, 3.05) is 33.3 Å². The summed E-state index contributed by atoms with van der Waals surface area (Å²) >= 11 is 0. The van der Waals surface area contributed by atoms with Crippen LogP contribution in [0.15, 0.2) is 24.3 Å². The van der Waals surface area contributed by atoms with Crippen LogP contribution in [0, 0.1) is 0 Å². The molecule has 0 aliphatic rings. The first kappa shape index (κ1) is 18.0. The number of likely N-dealkylation sites (N-methyl/N-ethyl adjacent to an activating group) is 1. The minimum absolute atomic E-state index is 0.320. The van der Waals surface area contributed by atoms with Crippen LogP contribution in [0.5, 0.6) is 5.75 Å². The molecule has 0 saturated carbocycles. The van der Waals surface area contributed by atoms with Gasteiger partial charge in [0, 0.05) is 25.7 Å². The average Bonchev–Trinajstić information content (AvgIpc) is 2.49. The Morgan fingerprint density at radius 1 is 1.33 bits per heavy atom. The fourth-order valence-electron chi connectivity index (χ4n) is 1.89. The molecule has 4 heteroatoms. The predicted molar refractivity (Wildman–Crippen MR) is 88.0 cm³/mol. The summed E-state index contributed by atoms with van der Waals surface area (Å²) < 4.78 is 5.63. The summed E-state index contributed by atoms with van der Waals surface area (Å²) in [5.74, 6) is 0.827. The van der Waals surface area contributed by atoms with E-state index in [2.05, 4.69) is 44.1 Å². The molecule has 21 heavy (non-hydrogen) atoms. The Morgan fingerprint density at radius 2 is 2.10 bits per heavy atom. The van der Waals surface area contributed by atoms with E-state index in [1.807, 2.05) is 18.2 Å². The lowest BCUT2D eigenvalue weighted by Crippen LogP contribution is -2.38. The summed E-state index contributed by atoms with van der Waals surface area (Å²) in [5.41, 5.74) is 1.25. The highest BCUT2D eigenvalue weighted by atomic mass is 16.5. The molecule has 120 valence electrons. The van der Waals surface area contributed by atoms with Crippen molar-refractivity contribution < 1.29 is 9.84 Å². The summed E-state index contributed by atoms with van der Waals surface area (Å²) in [6.45, 7) is 9.19. The SMILES string of the molecule is CCc1cccc(OCC(O)CNCCN(C)C(C)C)c1. The van der Waals surface area contributed by atoms with Crippen LogP contribution in [0.4, 0.5) is 0 Å². The van der Waals surface area contributed by atoms with Gasteiger partial charge in [-0.1, -0.05) is 19.1 Å². The van der Waals surface area contributed by atoms with Crippen molar-refractivity contribution in [2.24, 2.45) is 0 Å². The number of aryl methyl sites for hydroxylation is 1. The van der Waals surface area contributed by atoms with Gasteiger partial charge in [0.25, 0.3) is 0 Å². The minimum Gasteiger partial charge on any atom is -0.491 e. The zero-order valence-corrected chi connectivity index (χ0v) is 13.8. The second-order valence-corrected chi connectivity index (χ2v) is 5.74. The molecule has 1 rings (SSSR count). The minimum atomic E-state index is -0.486. The molecule has 0 aromatic heterocycles. The smallest absolute Gasteiger partial charge is 0.119 e. The van der Waals surface area contributed by atoms with Crippen LogP contribution in [0.3, 0.4) is 0 Å². The molecule has 4 nitrogen and oxygen atoms in total. The third-order valence-corrected chi connectivity index (χ3v) is 3.65. The van der Waals surface area contributed by atoms with Crippen LogP contribution in [0.1, 0.15) is 26.3 Å². The lowest BCUT2D eigenvalue weighted by molar-refractivity contribution is 0.105. The fourth-order valence-corrected chi connectivity index (χ4v) is 1.89. The van der Waals surface area contributed by atoms with Crippen molar-refractivity contribution in [3.05, 3.63) is 29.8 Å². The first-order valence-electron chi connectivity index (χ1n) is 7.83. The standard InChI is InChI=1S/C17H30N2O2/c1-5-15-7-6-8-17(11-15)21-13-16(20)12-18-9-10-19(4)14(2)3/h6-8,11,14,16,18,20H,5,9-10,12-13H2,1-4H3. The lowest BCUT2D eigenvalue weighted by atomic mass is 10.2. The van der Waals surface area contributed by atoms with Gasteiger partial charge in [-0.05, 0) is 45.0 Å². The Morgan fingerprint density at radius 3 is 2.76 bits per heavy atom. The molecule has 1 unspecified atom stereocenters. The molecule has 1 atom stereocenters. The number of hydrogen-bond acceptors (Lipinski definition) is 4. The quantitative estimate of drug-likeness (QED) is 0.647. The zero-order chi connectivity index (χ0) is 15.7. The van der Waals surface area contributed by atoms with Crippen molar-refractivity contribution >= 4 is 0 Å². The van der Waals surface area contributed by atoms with Crippen LogP contribution >= 0.6 is 0 Å². The molecule has 0 fully saturated rings. The molecule has 0 bridgehead atoms. The van der Waals surface area contributed by atoms with E-state index in [9.17, 15) is 5.11 Å². The fraction of sp³-hybridized carbons (Fsp3) is 0.647. The van der Waals surface area contributed by atoms with E-state index in [1.54, 1.807) is 0 Å². The van der Waals surface area contributed by atoms with E-state index in [1.165, 1.54) is 5.56 Å². The van der Waals surface area contributed by atoms with Gasteiger partial charge < -0.3 is 20.1 Å². The van der Waals surface area contributed by atoms with E-state index in [0.717, 1.165) is 25.3 Å². The molecular formula is C17H30N2O2.